The molecule has 142 valence electrons. The molecule has 0 aliphatic carbocycles. The fourth-order valence-corrected chi connectivity index (χ4v) is 3.55. The van der Waals surface area contributed by atoms with E-state index in [1.807, 2.05) is 12.4 Å². The topological polar surface area (TPSA) is 32.3 Å². The SMILES string of the molecule is CC(C)CCN(C)CCCc1cnc(N2CCC(C(C)C)CC2)nc1. The molecular weight excluding hydrogens is 308 g/mol. The highest BCUT2D eigenvalue weighted by Crippen LogP contribution is 2.26. The van der Waals surface area contributed by atoms with Crippen LogP contribution in [0.15, 0.2) is 12.4 Å². The third-order valence-electron chi connectivity index (χ3n) is 5.55. The van der Waals surface area contributed by atoms with E-state index in [2.05, 4.69) is 54.5 Å². The van der Waals surface area contributed by atoms with Crippen molar-refractivity contribution in [2.75, 3.05) is 38.1 Å². The quantitative estimate of drug-likeness (QED) is 0.669. The second kappa shape index (κ2) is 10.1. The zero-order chi connectivity index (χ0) is 18.2. The molecule has 4 heteroatoms. The van der Waals surface area contributed by atoms with Crippen LogP contribution >= 0.6 is 0 Å². The molecule has 0 atom stereocenters. The number of rotatable bonds is 9. The fraction of sp³-hybridized carbons (Fsp3) is 0.810. The molecule has 0 unspecified atom stereocenters. The van der Waals surface area contributed by atoms with E-state index in [1.165, 1.54) is 37.8 Å². The molecule has 0 aromatic carbocycles. The Morgan fingerprint density at radius 1 is 1.08 bits per heavy atom. The van der Waals surface area contributed by atoms with Crippen LogP contribution in [0.5, 0.6) is 0 Å². The second-order valence-corrected chi connectivity index (χ2v) is 8.55. The van der Waals surface area contributed by atoms with Crippen molar-refractivity contribution >= 4 is 5.95 Å². The molecule has 1 aromatic heterocycles. The third-order valence-corrected chi connectivity index (χ3v) is 5.55. The summed E-state index contributed by atoms with van der Waals surface area (Å²) in [5, 5.41) is 0. The smallest absolute Gasteiger partial charge is 0.225 e. The minimum absolute atomic E-state index is 0.786. The number of aryl methyl sites for hydroxylation is 1. The average Bonchev–Trinajstić information content (AvgIpc) is 2.60. The van der Waals surface area contributed by atoms with Gasteiger partial charge in [0.2, 0.25) is 5.95 Å². The molecule has 0 amide bonds. The average molecular weight is 347 g/mol. The maximum atomic E-state index is 4.63. The maximum Gasteiger partial charge on any atom is 0.225 e. The van der Waals surface area contributed by atoms with Gasteiger partial charge in [-0.1, -0.05) is 27.7 Å². The third kappa shape index (κ3) is 6.93. The molecular formula is C21H38N4. The highest BCUT2D eigenvalue weighted by Gasteiger charge is 2.22. The Kier molecular flexibility index (Phi) is 8.14. The van der Waals surface area contributed by atoms with Gasteiger partial charge in [-0.3, -0.25) is 0 Å². The van der Waals surface area contributed by atoms with E-state index in [-0.39, 0.29) is 0 Å². The first-order valence-electron chi connectivity index (χ1n) is 10.2. The molecule has 2 rings (SSSR count). The first-order valence-corrected chi connectivity index (χ1v) is 10.2. The Labute approximate surface area is 155 Å². The minimum atomic E-state index is 0.786. The lowest BCUT2D eigenvalue weighted by Crippen LogP contribution is -2.36. The second-order valence-electron chi connectivity index (χ2n) is 8.55. The summed E-state index contributed by atoms with van der Waals surface area (Å²) in [7, 11) is 2.22. The number of anilines is 1. The Morgan fingerprint density at radius 2 is 1.72 bits per heavy atom. The monoisotopic (exact) mass is 346 g/mol. The molecule has 0 saturated carbocycles. The van der Waals surface area contributed by atoms with Crippen molar-refractivity contribution in [1.82, 2.24) is 14.9 Å². The zero-order valence-electron chi connectivity index (χ0n) is 17.0. The highest BCUT2D eigenvalue weighted by molar-refractivity contribution is 5.30. The largest absolute Gasteiger partial charge is 0.341 e. The van der Waals surface area contributed by atoms with E-state index in [4.69, 9.17) is 0 Å². The number of nitrogens with zero attached hydrogens (tertiary/aromatic N) is 4. The normalized spacial score (nSPS) is 16.4. The van der Waals surface area contributed by atoms with E-state index in [1.54, 1.807) is 0 Å². The van der Waals surface area contributed by atoms with Gasteiger partial charge in [-0.25, -0.2) is 9.97 Å². The summed E-state index contributed by atoms with van der Waals surface area (Å²) >= 11 is 0. The van der Waals surface area contributed by atoms with Gasteiger partial charge in [0, 0.05) is 25.5 Å². The molecule has 1 fully saturated rings. The Balaban J connectivity index is 1.71. The molecule has 4 nitrogen and oxygen atoms in total. The summed E-state index contributed by atoms with van der Waals surface area (Å²) < 4.78 is 0. The van der Waals surface area contributed by atoms with Crippen LogP contribution in [0.2, 0.25) is 0 Å². The van der Waals surface area contributed by atoms with Crippen LogP contribution in [0.4, 0.5) is 5.95 Å². The molecule has 1 aliphatic rings. The summed E-state index contributed by atoms with van der Waals surface area (Å²) in [6.07, 6.45) is 10.1. The lowest BCUT2D eigenvalue weighted by atomic mass is 9.87. The van der Waals surface area contributed by atoms with Gasteiger partial charge in [0.1, 0.15) is 0 Å². The van der Waals surface area contributed by atoms with Gasteiger partial charge >= 0.3 is 0 Å². The predicted octanol–water partition coefficient (Wildman–Crippen LogP) is 4.26. The molecule has 0 radical (unpaired) electrons. The molecule has 0 N–H and O–H groups in total. The fourth-order valence-electron chi connectivity index (χ4n) is 3.55. The van der Waals surface area contributed by atoms with Gasteiger partial charge in [-0.15, -0.1) is 0 Å². The van der Waals surface area contributed by atoms with Crippen molar-refractivity contribution in [2.45, 2.75) is 59.8 Å². The van der Waals surface area contributed by atoms with Gasteiger partial charge in [-0.05, 0) is 75.6 Å². The van der Waals surface area contributed by atoms with E-state index >= 15 is 0 Å². The summed E-state index contributed by atoms with van der Waals surface area (Å²) in [6, 6.07) is 0. The van der Waals surface area contributed by atoms with Gasteiger partial charge in [0.25, 0.3) is 0 Å². The van der Waals surface area contributed by atoms with Gasteiger partial charge in [-0.2, -0.15) is 0 Å². The van der Waals surface area contributed by atoms with E-state index < -0.39 is 0 Å². The van der Waals surface area contributed by atoms with E-state index in [0.29, 0.717) is 0 Å². The number of hydrogen-bond acceptors (Lipinski definition) is 4. The first kappa shape index (κ1) is 20.2. The van der Waals surface area contributed by atoms with Gasteiger partial charge in [0.05, 0.1) is 0 Å². The van der Waals surface area contributed by atoms with Crippen LogP contribution in [-0.2, 0) is 6.42 Å². The summed E-state index contributed by atoms with van der Waals surface area (Å²) in [6.45, 7) is 13.8. The van der Waals surface area contributed by atoms with Crippen LogP contribution in [-0.4, -0.2) is 48.1 Å². The maximum absolute atomic E-state index is 4.63. The van der Waals surface area contributed by atoms with E-state index in [0.717, 1.165) is 49.8 Å². The van der Waals surface area contributed by atoms with Crippen LogP contribution in [0.1, 0.15) is 58.9 Å². The molecule has 0 spiro atoms. The Hall–Kier alpha value is -1.16. The Morgan fingerprint density at radius 3 is 2.28 bits per heavy atom. The lowest BCUT2D eigenvalue weighted by Gasteiger charge is -2.33. The molecule has 2 heterocycles. The highest BCUT2D eigenvalue weighted by atomic mass is 15.2. The van der Waals surface area contributed by atoms with Gasteiger partial charge < -0.3 is 9.80 Å². The van der Waals surface area contributed by atoms with Crippen molar-refractivity contribution in [1.29, 1.82) is 0 Å². The summed E-state index contributed by atoms with van der Waals surface area (Å²) in [5.74, 6) is 3.36. The molecule has 1 aliphatic heterocycles. The van der Waals surface area contributed by atoms with Crippen molar-refractivity contribution in [3.63, 3.8) is 0 Å². The number of hydrogen-bond donors (Lipinski definition) is 0. The minimum Gasteiger partial charge on any atom is -0.341 e. The van der Waals surface area contributed by atoms with Crippen LogP contribution in [0.25, 0.3) is 0 Å². The Bertz CT molecular complexity index is 475. The van der Waals surface area contributed by atoms with Gasteiger partial charge in [0.15, 0.2) is 0 Å². The van der Waals surface area contributed by atoms with Crippen molar-refractivity contribution in [3.8, 4) is 0 Å². The molecule has 1 saturated heterocycles. The molecule has 1 aromatic rings. The zero-order valence-corrected chi connectivity index (χ0v) is 17.0. The van der Waals surface area contributed by atoms with Crippen LogP contribution in [0, 0.1) is 17.8 Å². The van der Waals surface area contributed by atoms with E-state index in [9.17, 15) is 0 Å². The van der Waals surface area contributed by atoms with Crippen molar-refractivity contribution in [2.24, 2.45) is 17.8 Å². The van der Waals surface area contributed by atoms with Crippen molar-refractivity contribution < 1.29 is 0 Å². The summed E-state index contributed by atoms with van der Waals surface area (Å²) in [4.78, 5) is 14.0. The summed E-state index contributed by atoms with van der Waals surface area (Å²) in [5.41, 5.74) is 1.26. The lowest BCUT2D eigenvalue weighted by molar-refractivity contribution is 0.306. The number of piperidine rings is 1. The van der Waals surface area contributed by atoms with Crippen LogP contribution in [0.3, 0.4) is 0 Å². The van der Waals surface area contributed by atoms with Crippen molar-refractivity contribution in [3.05, 3.63) is 18.0 Å². The predicted molar refractivity (Wildman–Crippen MR) is 107 cm³/mol. The number of aromatic nitrogens is 2. The molecule has 25 heavy (non-hydrogen) atoms. The molecule has 0 bridgehead atoms. The van der Waals surface area contributed by atoms with Crippen LogP contribution < -0.4 is 4.90 Å². The standard InChI is InChI=1S/C21H38N4/c1-17(2)8-12-24(5)11-6-7-19-15-22-21(23-16-19)25-13-9-20(10-14-25)18(3)4/h15-18,20H,6-14H2,1-5H3. The first-order chi connectivity index (χ1) is 12.0.